The first-order valence-electron chi connectivity index (χ1n) is 7.49. The van der Waals surface area contributed by atoms with Crippen molar-refractivity contribution in [2.24, 2.45) is 11.3 Å². The van der Waals surface area contributed by atoms with Crippen molar-refractivity contribution in [1.82, 2.24) is 9.03 Å². The van der Waals surface area contributed by atoms with E-state index in [2.05, 4.69) is 25.5 Å². The normalized spacial score (nSPS) is 24.2. The van der Waals surface area contributed by atoms with Crippen LogP contribution in [0.25, 0.3) is 0 Å². The molecule has 2 unspecified atom stereocenters. The van der Waals surface area contributed by atoms with Gasteiger partial charge < -0.3 is 5.11 Å². The molecule has 1 saturated carbocycles. The molecule has 0 radical (unpaired) electrons. The Bertz CT molecular complexity index is 456. The Morgan fingerprint density at radius 2 is 1.86 bits per heavy atom. The molecule has 0 aromatic carbocycles. The summed E-state index contributed by atoms with van der Waals surface area (Å²) in [7, 11) is -2.21. The molecule has 2 atom stereocenters. The van der Waals surface area contributed by atoms with Crippen LogP contribution in [0.4, 0.5) is 0 Å². The van der Waals surface area contributed by atoms with Crippen LogP contribution in [0.3, 0.4) is 0 Å². The van der Waals surface area contributed by atoms with Crippen molar-refractivity contribution in [3.63, 3.8) is 0 Å². The largest absolute Gasteiger partial charge is 0.481 e. The van der Waals surface area contributed by atoms with E-state index in [0.29, 0.717) is 5.92 Å². The topological polar surface area (TPSA) is 86.7 Å². The van der Waals surface area contributed by atoms with Gasteiger partial charge in [-0.2, -0.15) is 17.4 Å². The standard InChI is InChI=1S/C14H28N2O4S/c1-14(2,3)11-7-5-6-8-12(11)15-21(19,20)16(4)10-9-13(17)18/h11-12,15H,5-10H2,1-4H3,(H,17,18). The molecule has 0 spiro atoms. The smallest absolute Gasteiger partial charge is 0.304 e. The van der Waals surface area contributed by atoms with Crippen LogP contribution in [0.15, 0.2) is 0 Å². The van der Waals surface area contributed by atoms with Gasteiger partial charge in [0.25, 0.3) is 10.2 Å². The molecule has 1 aliphatic rings. The summed E-state index contributed by atoms with van der Waals surface area (Å²) < 4.78 is 28.5. The van der Waals surface area contributed by atoms with E-state index >= 15 is 0 Å². The number of nitrogens with one attached hydrogen (secondary N) is 1. The van der Waals surface area contributed by atoms with E-state index in [-0.39, 0.29) is 24.4 Å². The summed E-state index contributed by atoms with van der Waals surface area (Å²) in [5.74, 6) is -0.698. The Labute approximate surface area is 128 Å². The van der Waals surface area contributed by atoms with Gasteiger partial charge in [0.15, 0.2) is 0 Å². The molecular weight excluding hydrogens is 292 g/mol. The Balaban J connectivity index is 2.74. The second-order valence-corrected chi connectivity index (χ2v) is 8.76. The lowest BCUT2D eigenvalue weighted by Gasteiger charge is -2.41. The van der Waals surface area contributed by atoms with Crippen LogP contribution in [0, 0.1) is 11.3 Å². The summed E-state index contributed by atoms with van der Waals surface area (Å²) >= 11 is 0. The van der Waals surface area contributed by atoms with Crippen LogP contribution in [0.2, 0.25) is 0 Å². The van der Waals surface area contributed by atoms with Crippen LogP contribution in [0.1, 0.15) is 52.9 Å². The predicted molar refractivity (Wildman–Crippen MR) is 82.1 cm³/mol. The first-order chi connectivity index (χ1) is 9.54. The van der Waals surface area contributed by atoms with Gasteiger partial charge in [-0.25, -0.2) is 0 Å². The maximum absolute atomic E-state index is 12.3. The number of carboxylic acids is 1. The number of carbonyl (C=O) groups is 1. The fraction of sp³-hybridized carbons (Fsp3) is 0.929. The third kappa shape index (κ3) is 5.56. The molecule has 2 N–H and O–H groups in total. The van der Waals surface area contributed by atoms with Crippen molar-refractivity contribution in [1.29, 1.82) is 0 Å². The van der Waals surface area contributed by atoms with Crippen LogP contribution in [-0.4, -0.2) is 43.4 Å². The van der Waals surface area contributed by atoms with Crippen LogP contribution >= 0.6 is 0 Å². The zero-order valence-corrected chi connectivity index (χ0v) is 14.2. The second-order valence-electron chi connectivity index (χ2n) is 6.95. The molecule has 0 aliphatic heterocycles. The number of nitrogens with zero attached hydrogens (tertiary/aromatic N) is 1. The molecule has 0 saturated heterocycles. The molecule has 124 valence electrons. The second kappa shape index (κ2) is 7.07. The molecule has 1 fully saturated rings. The quantitative estimate of drug-likeness (QED) is 0.781. The molecular formula is C14H28N2O4S. The third-order valence-corrected chi connectivity index (χ3v) is 5.83. The van der Waals surface area contributed by atoms with E-state index in [0.717, 1.165) is 30.0 Å². The Kier molecular flexibility index (Phi) is 6.19. The molecule has 1 rings (SSSR count). The van der Waals surface area contributed by atoms with Crippen LogP contribution < -0.4 is 4.72 Å². The lowest BCUT2D eigenvalue weighted by atomic mass is 9.70. The Morgan fingerprint density at radius 3 is 2.38 bits per heavy atom. The highest BCUT2D eigenvalue weighted by molar-refractivity contribution is 7.87. The molecule has 0 heterocycles. The van der Waals surface area contributed by atoms with Gasteiger partial charge in [0.1, 0.15) is 0 Å². The van der Waals surface area contributed by atoms with Crippen molar-refractivity contribution < 1.29 is 18.3 Å². The highest BCUT2D eigenvalue weighted by Gasteiger charge is 2.36. The Morgan fingerprint density at radius 1 is 1.29 bits per heavy atom. The van der Waals surface area contributed by atoms with Gasteiger partial charge in [-0.3, -0.25) is 4.79 Å². The number of aliphatic carboxylic acids is 1. The summed E-state index contributed by atoms with van der Waals surface area (Å²) in [4.78, 5) is 10.6. The molecule has 0 amide bonds. The first kappa shape index (κ1) is 18.4. The third-order valence-electron chi connectivity index (χ3n) is 4.23. The molecule has 7 heteroatoms. The summed E-state index contributed by atoms with van der Waals surface area (Å²) in [6, 6.07) is -0.0731. The molecule has 0 aromatic rings. The van der Waals surface area contributed by atoms with Gasteiger partial charge in [0.05, 0.1) is 6.42 Å². The monoisotopic (exact) mass is 320 g/mol. The zero-order valence-electron chi connectivity index (χ0n) is 13.4. The van der Waals surface area contributed by atoms with Crippen molar-refractivity contribution in [2.45, 2.75) is 58.9 Å². The van der Waals surface area contributed by atoms with E-state index in [9.17, 15) is 13.2 Å². The first-order valence-corrected chi connectivity index (χ1v) is 8.93. The van der Waals surface area contributed by atoms with E-state index in [1.54, 1.807) is 0 Å². The molecule has 0 bridgehead atoms. The van der Waals surface area contributed by atoms with Crippen LogP contribution in [0.5, 0.6) is 0 Å². The van der Waals surface area contributed by atoms with Gasteiger partial charge in [0.2, 0.25) is 0 Å². The summed E-state index contributed by atoms with van der Waals surface area (Å²) in [6.07, 6.45) is 3.84. The highest BCUT2D eigenvalue weighted by Crippen LogP contribution is 2.38. The lowest BCUT2D eigenvalue weighted by Crippen LogP contribution is -2.50. The fourth-order valence-corrected chi connectivity index (χ4v) is 4.14. The predicted octanol–water partition coefficient (Wildman–Crippen LogP) is 1.83. The van der Waals surface area contributed by atoms with E-state index in [1.165, 1.54) is 7.05 Å². The van der Waals surface area contributed by atoms with Gasteiger partial charge in [0, 0.05) is 19.6 Å². The molecule has 6 nitrogen and oxygen atoms in total. The molecule has 21 heavy (non-hydrogen) atoms. The summed E-state index contributed by atoms with van der Waals surface area (Å²) in [6.45, 7) is 6.40. The zero-order chi connectivity index (χ0) is 16.3. The number of hydrogen-bond donors (Lipinski definition) is 2. The SMILES string of the molecule is CN(CCC(=O)O)S(=O)(=O)NC1CCCCC1C(C)(C)C. The number of carboxylic acid groups (broad SMARTS) is 1. The van der Waals surface area contributed by atoms with E-state index < -0.39 is 16.2 Å². The minimum atomic E-state index is -3.63. The number of rotatable bonds is 6. The molecule has 1 aliphatic carbocycles. The van der Waals surface area contributed by atoms with E-state index in [1.807, 2.05) is 0 Å². The highest BCUT2D eigenvalue weighted by atomic mass is 32.2. The van der Waals surface area contributed by atoms with Gasteiger partial charge in [-0.15, -0.1) is 0 Å². The minimum Gasteiger partial charge on any atom is -0.481 e. The number of hydrogen-bond acceptors (Lipinski definition) is 3. The maximum Gasteiger partial charge on any atom is 0.304 e. The minimum absolute atomic E-state index is 0.0163. The van der Waals surface area contributed by atoms with Gasteiger partial charge >= 0.3 is 5.97 Å². The van der Waals surface area contributed by atoms with Crippen molar-refractivity contribution >= 4 is 16.2 Å². The van der Waals surface area contributed by atoms with Crippen molar-refractivity contribution in [3.8, 4) is 0 Å². The maximum atomic E-state index is 12.3. The van der Waals surface area contributed by atoms with Crippen LogP contribution in [-0.2, 0) is 15.0 Å². The fourth-order valence-electron chi connectivity index (χ4n) is 2.96. The van der Waals surface area contributed by atoms with Gasteiger partial charge in [-0.05, 0) is 24.2 Å². The summed E-state index contributed by atoms with van der Waals surface area (Å²) in [5, 5.41) is 8.66. The summed E-state index contributed by atoms with van der Waals surface area (Å²) in [5.41, 5.74) is 0.0489. The average molecular weight is 320 g/mol. The average Bonchev–Trinajstić information content (AvgIpc) is 2.34. The van der Waals surface area contributed by atoms with Crippen molar-refractivity contribution in [3.05, 3.63) is 0 Å². The van der Waals surface area contributed by atoms with Gasteiger partial charge in [-0.1, -0.05) is 33.6 Å². The van der Waals surface area contributed by atoms with Crippen molar-refractivity contribution in [2.75, 3.05) is 13.6 Å². The Hall–Kier alpha value is -0.660. The lowest BCUT2D eigenvalue weighted by molar-refractivity contribution is -0.137. The van der Waals surface area contributed by atoms with E-state index in [4.69, 9.17) is 5.11 Å². The molecule has 0 aromatic heterocycles.